The lowest BCUT2D eigenvalue weighted by molar-refractivity contribution is 0.155. The van der Waals surface area contributed by atoms with Crippen LogP contribution in [-0.4, -0.2) is 11.2 Å². The number of unbranched alkanes of at least 4 members (excludes halogenated alkanes) is 1. The van der Waals surface area contributed by atoms with Crippen molar-refractivity contribution in [3.8, 4) is 0 Å². The first-order chi connectivity index (χ1) is 10.4. The normalized spacial score (nSPS) is 26.0. The molecule has 0 heterocycles. The lowest BCUT2D eigenvalue weighted by atomic mass is 9.82. The van der Waals surface area contributed by atoms with Crippen molar-refractivity contribution in [1.82, 2.24) is 0 Å². The van der Waals surface area contributed by atoms with Gasteiger partial charge in [-0.15, -0.1) is 0 Å². The second-order valence-corrected chi connectivity index (χ2v) is 7.80. The Morgan fingerprint density at radius 3 is 2.36 bits per heavy atom. The molecular weight excluding hydrogens is 268 g/mol. The van der Waals surface area contributed by atoms with Crippen LogP contribution in [0.25, 0.3) is 0 Å². The molecule has 1 nitrogen and oxygen atoms in total. The van der Waals surface area contributed by atoms with Crippen molar-refractivity contribution in [3.05, 3.63) is 47.5 Å². The van der Waals surface area contributed by atoms with Gasteiger partial charge in [-0.05, 0) is 48.1 Å². The summed E-state index contributed by atoms with van der Waals surface area (Å²) in [7, 11) is 0. The summed E-state index contributed by atoms with van der Waals surface area (Å²) in [5, 5.41) is 10.4. The van der Waals surface area contributed by atoms with Crippen LogP contribution in [0.3, 0.4) is 0 Å². The minimum atomic E-state index is -0.176. The molecule has 0 saturated heterocycles. The van der Waals surface area contributed by atoms with Gasteiger partial charge in [-0.1, -0.05) is 70.5 Å². The van der Waals surface area contributed by atoms with Crippen molar-refractivity contribution in [3.63, 3.8) is 0 Å². The molecule has 122 valence electrons. The lowest BCUT2D eigenvalue weighted by Crippen LogP contribution is -2.17. The van der Waals surface area contributed by atoms with E-state index in [1.54, 1.807) is 0 Å². The smallest absolute Gasteiger partial charge is 0.0611 e. The molecule has 2 rings (SSSR count). The molecule has 1 saturated carbocycles. The van der Waals surface area contributed by atoms with Crippen molar-refractivity contribution < 1.29 is 5.11 Å². The van der Waals surface area contributed by atoms with Crippen LogP contribution in [0.4, 0.5) is 0 Å². The van der Waals surface area contributed by atoms with Crippen LogP contribution in [0.5, 0.6) is 0 Å². The van der Waals surface area contributed by atoms with E-state index in [0.29, 0.717) is 11.8 Å². The summed E-state index contributed by atoms with van der Waals surface area (Å²) in [6.45, 7) is 8.94. The van der Waals surface area contributed by atoms with Gasteiger partial charge < -0.3 is 5.11 Å². The number of hydrogen-bond donors (Lipinski definition) is 1. The molecule has 1 N–H and O–H groups in total. The second kappa shape index (κ2) is 7.46. The number of rotatable bonds is 5. The monoisotopic (exact) mass is 300 g/mol. The van der Waals surface area contributed by atoms with Crippen LogP contribution < -0.4 is 0 Å². The predicted molar refractivity (Wildman–Crippen MR) is 95.3 cm³/mol. The van der Waals surface area contributed by atoms with Gasteiger partial charge in [0.15, 0.2) is 0 Å². The Kier molecular flexibility index (Phi) is 5.86. The molecule has 1 heteroatoms. The molecule has 22 heavy (non-hydrogen) atoms. The summed E-state index contributed by atoms with van der Waals surface area (Å²) in [5.74, 6) is 0.892. The van der Waals surface area contributed by atoms with Crippen molar-refractivity contribution in [2.75, 3.05) is 0 Å². The van der Waals surface area contributed by atoms with Gasteiger partial charge in [-0.3, -0.25) is 0 Å². The minimum Gasteiger partial charge on any atom is -0.392 e. The minimum absolute atomic E-state index is 0.176. The summed E-state index contributed by atoms with van der Waals surface area (Å²) >= 11 is 0. The van der Waals surface area contributed by atoms with Gasteiger partial charge >= 0.3 is 0 Å². The van der Waals surface area contributed by atoms with E-state index in [4.69, 9.17) is 0 Å². The second-order valence-electron chi connectivity index (χ2n) is 7.80. The van der Waals surface area contributed by atoms with Crippen LogP contribution in [0.15, 0.2) is 36.4 Å². The zero-order chi connectivity index (χ0) is 16.2. The van der Waals surface area contributed by atoms with E-state index >= 15 is 0 Å². The van der Waals surface area contributed by atoms with Crippen molar-refractivity contribution in [1.29, 1.82) is 0 Å². The Morgan fingerprint density at radius 2 is 1.77 bits per heavy atom. The zero-order valence-corrected chi connectivity index (χ0v) is 14.7. The highest BCUT2D eigenvalue weighted by Gasteiger charge is 2.35. The van der Waals surface area contributed by atoms with Crippen molar-refractivity contribution in [2.45, 2.75) is 77.2 Å². The fourth-order valence-electron chi connectivity index (χ4n) is 3.58. The van der Waals surface area contributed by atoms with Crippen LogP contribution in [0.1, 0.15) is 76.8 Å². The van der Waals surface area contributed by atoms with E-state index in [0.717, 1.165) is 19.3 Å². The van der Waals surface area contributed by atoms with E-state index in [-0.39, 0.29) is 11.5 Å². The maximum Gasteiger partial charge on any atom is 0.0611 e. The summed E-state index contributed by atoms with van der Waals surface area (Å²) in [4.78, 5) is 0. The lowest BCUT2D eigenvalue weighted by Gasteiger charge is -2.24. The van der Waals surface area contributed by atoms with Gasteiger partial charge in [0, 0.05) is 5.92 Å². The van der Waals surface area contributed by atoms with Gasteiger partial charge in [-0.25, -0.2) is 0 Å². The third-order valence-corrected chi connectivity index (χ3v) is 4.98. The molecule has 3 atom stereocenters. The third-order valence-electron chi connectivity index (χ3n) is 4.98. The number of hydrogen-bond acceptors (Lipinski definition) is 1. The number of allylic oxidation sites excluding steroid dienone is 2. The molecule has 1 aromatic rings. The van der Waals surface area contributed by atoms with E-state index < -0.39 is 0 Å². The zero-order valence-electron chi connectivity index (χ0n) is 14.7. The Labute approximate surface area is 136 Å². The third kappa shape index (κ3) is 4.23. The maximum atomic E-state index is 10.4. The van der Waals surface area contributed by atoms with Crippen LogP contribution >= 0.6 is 0 Å². The molecule has 1 aliphatic carbocycles. The van der Waals surface area contributed by atoms with E-state index in [9.17, 15) is 5.11 Å². The first-order valence-electron chi connectivity index (χ1n) is 8.87. The van der Waals surface area contributed by atoms with Crippen LogP contribution in [-0.2, 0) is 5.41 Å². The van der Waals surface area contributed by atoms with Crippen LogP contribution in [0.2, 0.25) is 0 Å². The Bertz CT molecular complexity index is 478. The largest absolute Gasteiger partial charge is 0.392 e. The van der Waals surface area contributed by atoms with Gasteiger partial charge in [0.05, 0.1) is 6.10 Å². The van der Waals surface area contributed by atoms with E-state index in [1.807, 2.05) is 0 Å². The summed E-state index contributed by atoms with van der Waals surface area (Å²) < 4.78 is 0. The van der Waals surface area contributed by atoms with Crippen molar-refractivity contribution in [2.24, 2.45) is 5.92 Å². The SMILES string of the molecule is CCCC=CC[C@H]1CC[C@@H](O)[C@@H]1c1ccc(C(C)(C)C)cc1. The van der Waals surface area contributed by atoms with Crippen LogP contribution in [0, 0.1) is 5.92 Å². The Hall–Kier alpha value is -1.08. The molecular formula is C21H32O. The molecule has 1 aromatic carbocycles. The van der Waals surface area contributed by atoms with Crippen molar-refractivity contribution >= 4 is 0 Å². The number of aliphatic hydroxyl groups is 1. The molecule has 0 aromatic heterocycles. The molecule has 0 aliphatic heterocycles. The highest BCUT2D eigenvalue weighted by Crippen LogP contribution is 2.42. The Balaban J connectivity index is 2.10. The van der Waals surface area contributed by atoms with Gasteiger partial charge in [-0.2, -0.15) is 0 Å². The highest BCUT2D eigenvalue weighted by molar-refractivity contribution is 5.31. The standard InChI is InChI=1S/C21H32O/c1-5-6-7-8-9-16-12-15-19(22)20(16)17-10-13-18(14-11-17)21(2,3)4/h7-8,10-11,13-14,16,19-20,22H,5-6,9,12,15H2,1-4H3/t16-,19+,20-/m0/s1. The first kappa shape index (κ1) is 17.3. The quantitative estimate of drug-likeness (QED) is 0.703. The molecule has 0 bridgehead atoms. The summed E-state index contributed by atoms with van der Waals surface area (Å²) in [5.41, 5.74) is 2.87. The highest BCUT2D eigenvalue weighted by atomic mass is 16.3. The molecule has 1 aliphatic rings. The van der Waals surface area contributed by atoms with E-state index in [2.05, 4.69) is 64.1 Å². The van der Waals surface area contributed by atoms with Gasteiger partial charge in [0.25, 0.3) is 0 Å². The molecule has 0 radical (unpaired) electrons. The summed E-state index contributed by atoms with van der Waals surface area (Å²) in [6.07, 6.45) is 10.0. The first-order valence-corrected chi connectivity index (χ1v) is 8.87. The fraction of sp³-hybridized carbons (Fsp3) is 0.619. The molecule has 0 unspecified atom stereocenters. The predicted octanol–water partition coefficient (Wildman–Crippen LogP) is 5.59. The average Bonchev–Trinajstić information content (AvgIpc) is 2.84. The Morgan fingerprint density at radius 1 is 1.09 bits per heavy atom. The number of benzene rings is 1. The molecule has 0 amide bonds. The summed E-state index contributed by atoms with van der Waals surface area (Å²) in [6, 6.07) is 8.96. The van der Waals surface area contributed by atoms with Gasteiger partial charge in [0.2, 0.25) is 0 Å². The van der Waals surface area contributed by atoms with E-state index in [1.165, 1.54) is 24.0 Å². The van der Waals surface area contributed by atoms with Gasteiger partial charge in [0.1, 0.15) is 0 Å². The number of aliphatic hydroxyl groups excluding tert-OH is 1. The average molecular weight is 300 g/mol. The molecule has 0 spiro atoms. The fourth-order valence-corrected chi connectivity index (χ4v) is 3.58. The molecule has 1 fully saturated rings. The maximum absolute atomic E-state index is 10.4. The topological polar surface area (TPSA) is 20.2 Å².